The second-order valence-electron chi connectivity index (χ2n) is 6.78. The van der Waals surface area contributed by atoms with Gasteiger partial charge in [-0.2, -0.15) is 0 Å². The van der Waals surface area contributed by atoms with E-state index in [1.54, 1.807) is 12.1 Å². The number of thioether (sulfide) groups is 1. The second kappa shape index (κ2) is 10.1. The van der Waals surface area contributed by atoms with Crippen molar-refractivity contribution in [1.29, 1.82) is 0 Å². The average Bonchev–Trinajstić information content (AvgIpc) is 3.07. The SMILES string of the molecule is CCN(CC)c1ccc(N2C(=O)/C(=C\c3ccc(OC)c(OC)c3C(=O)O)SC2=S)cc1. The maximum atomic E-state index is 13.1. The number of carbonyl (C=O) groups excluding carboxylic acids is 1. The Bertz CT molecular complexity index is 1080. The molecule has 32 heavy (non-hydrogen) atoms. The molecule has 1 amide bonds. The minimum Gasteiger partial charge on any atom is -0.493 e. The molecule has 0 bridgehead atoms. The van der Waals surface area contributed by atoms with Crippen LogP contribution in [-0.2, 0) is 4.79 Å². The maximum absolute atomic E-state index is 13.1. The summed E-state index contributed by atoms with van der Waals surface area (Å²) in [5, 5.41) is 9.73. The monoisotopic (exact) mass is 472 g/mol. The van der Waals surface area contributed by atoms with E-state index in [2.05, 4.69) is 18.7 Å². The third-order valence-electron chi connectivity index (χ3n) is 5.11. The highest BCUT2D eigenvalue weighted by molar-refractivity contribution is 8.27. The standard InChI is InChI=1S/C23H24N2O5S2/c1-5-24(6-2)15-8-10-16(11-9-15)25-21(26)18(32-23(25)31)13-14-7-12-17(29-3)20(30-4)19(14)22(27)28/h7-13H,5-6H2,1-4H3,(H,27,28)/b18-13+. The van der Waals surface area contributed by atoms with Gasteiger partial charge in [0.2, 0.25) is 0 Å². The molecule has 0 spiro atoms. The first-order valence-corrected chi connectivity index (χ1v) is 11.2. The molecule has 0 aromatic heterocycles. The molecule has 9 heteroatoms. The zero-order valence-corrected chi connectivity index (χ0v) is 19.9. The van der Waals surface area contributed by atoms with E-state index in [1.807, 2.05) is 24.3 Å². The van der Waals surface area contributed by atoms with Crippen LogP contribution in [-0.4, -0.2) is 48.6 Å². The molecule has 2 aromatic carbocycles. The number of carbonyl (C=O) groups is 2. The van der Waals surface area contributed by atoms with Crippen LogP contribution in [0.25, 0.3) is 6.08 Å². The molecule has 2 aromatic rings. The van der Waals surface area contributed by atoms with Gasteiger partial charge in [0.05, 0.1) is 24.8 Å². The average molecular weight is 473 g/mol. The van der Waals surface area contributed by atoms with Crippen LogP contribution in [0.15, 0.2) is 41.3 Å². The highest BCUT2D eigenvalue weighted by Gasteiger charge is 2.34. The Morgan fingerprint density at radius 3 is 2.31 bits per heavy atom. The second-order valence-corrected chi connectivity index (χ2v) is 8.45. The molecule has 1 heterocycles. The molecule has 0 aliphatic carbocycles. The number of methoxy groups -OCH3 is 2. The quantitative estimate of drug-likeness (QED) is 0.439. The topological polar surface area (TPSA) is 79.3 Å². The lowest BCUT2D eigenvalue weighted by atomic mass is 10.0. The number of benzene rings is 2. The molecule has 0 unspecified atom stereocenters. The van der Waals surface area contributed by atoms with E-state index in [0.29, 0.717) is 26.2 Å². The summed E-state index contributed by atoms with van der Waals surface area (Å²) in [6.45, 7) is 5.95. The van der Waals surface area contributed by atoms with Gasteiger partial charge in [-0.05, 0) is 55.8 Å². The zero-order valence-electron chi connectivity index (χ0n) is 18.2. The van der Waals surface area contributed by atoms with E-state index < -0.39 is 5.97 Å². The molecule has 0 atom stereocenters. The Balaban J connectivity index is 1.97. The Labute approximate surface area is 196 Å². The smallest absolute Gasteiger partial charge is 0.340 e. The van der Waals surface area contributed by atoms with Crippen molar-refractivity contribution < 1.29 is 24.2 Å². The molecule has 1 fully saturated rings. The van der Waals surface area contributed by atoms with Gasteiger partial charge >= 0.3 is 5.97 Å². The van der Waals surface area contributed by atoms with Gasteiger partial charge < -0.3 is 19.5 Å². The molecule has 1 N–H and O–H groups in total. The van der Waals surface area contributed by atoms with Crippen molar-refractivity contribution in [3.8, 4) is 11.5 Å². The first-order chi connectivity index (χ1) is 15.4. The van der Waals surface area contributed by atoms with Crippen LogP contribution in [0.1, 0.15) is 29.8 Å². The fourth-order valence-electron chi connectivity index (χ4n) is 3.52. The van der Waals surface area contributed by atoms with Crippen molar-refractivity contribution in [2.45, 2.75) is 13.8 Å². The lowest BCUT2D eigenvalue weighted by molar-refractivity contribution is -0.113. The minimum absolute atomic E-state index is 0.0827. The van der Waals surface area contributed by atoms with Crippen LogP contribution in [0.2, 0.25) is 0 Å². The van der Waals surface area contributed by atoms with Gasteiger partial charge in [0.15, 0.2) is 15.8 Å². The molecule has 168 valence electrons. The van der Waals surface area contributed by atoms with Gasteiger partial charge in [-0.25, -0.2) is 4.79 Å². The van der Waals surface area contributed by atoms with Crippen LogP contribution in [0.3, 0.4) is 0 Å². The number of nitrogens with zero attached hydrogens (tertiary/aromatic N) is 2. The molecule has 1 aliphatic rings. The van der Waals surface area contributed by atoms with Crippen molar-refractivity contribution in [3.63, 3.8) is 0 Å². The van der Waals surface area contributed by atoms with Gasteiger partial charge in [-0.1, -0.05) is 30.0 Å². The summed E-state index contributed by atoms with van der Waals surface area (Å²) in [6, 6.07) is 10.8. The number of hydrogen-bond acceptors (Lipinski definition) is 7. The molecular formula is C23H24N2O5S2. The fraction of sp³-hybridized carbons (Fsp3) is 0.261. The zero-order chi connectivity index (χ0) is 23.4. The predicted molar refractivity (Wildman–Crippen MR) is 132 cm³/mol. The van der Waals surface area contributed by atoms with Crippen LogP contribution in [0, 0.1) is 0 Å². The first-order valence-electron chi connectivity index (χ1n) is 9.97. The summed E-state index contributed by atoms with van der Waals surface area (Å²) in [5.41, 5.74) is 1.97. The van der Waals surface area contributed by atoms with Gasteiger partial charge in [0, 0.05) is 18.8 Å². The highest BCUT2D eigenvalue weighted by Crippen LogP contribution is 2.39. The fourth-order valence-corrected chi connectivity index (χ4v) is 4.81. The van der Waals surface area contributed by atoms with E-state index in [9.17, 15) is 14.7 Å². The normalized spacial score (nSPS) is 14.8. The Hall–Kier alpha value is -3.04. The minimum atomic E-state index is -1.19. The van der Waals surface area contributed by atoms with Crippen molar-refractivity contribution in [1.82, 2.24) is 0 Å². The summed E-state index contributed by atoms with van der Waals surface area (Å²) in [6.07, 6.45) is 1.52. The largest absolute Gasteiger partial charge is 0.493 e. The Morgan fingerprint density at radius 1 is 1.12 bits per heavy atom. The lowest BCUT2D eigenvalue weighted by Gasteiger charge is -2.22. The predicted octanol–water partition coefficient (Wildman–Crippen LogP) is 4.65. The van der Waals surface area contributed by atoms with Gasteiger partial charge in [-0.3, -0.25) is 9.69 Å². The third kappa shape index (κ3) is 4.44. The van der Waals surface area contributed by atoms with Crippen LogP contribution in [0.4, 0.5) is 11.4 Å². The van der Waals surface area contributed by atoms with Gasteiger partial charge in [-0.15, -0.1) is 0 Å². The van der Waals surface area contributed by atoms with Crippen LogP contribution < -0.4 is 19.3 Å². The number of carboxylic acid groups (broad SMARTS) is 1. The molecule has 0 radical (unpaired) electrons. The van der Waals surface area contributed by atoms with Crippen molar-refractivity contribution in [2.75, 3.05) is 37.1 Å². The van der Waals surface area contributed by atoms with E-state index in [-0.39, 0.29) is 17.2 Å². The molecule has 7 nitrogen and oxygen atoms in total. The maximum Gasteiger partial charge on any atom is 0.340 e. The first kappa shape index (κ1) is 23.6. The van der Waals surface area contributed by atoms with Crippen molar-refractivity contribution in [3.05, 3.63) is 52.4 Å². The third-order valence-corrected chi connectivity index (χ3v) is 6.41. The van der Waals surface area contributed by atoms with E-state index in [0.717, 1.165) is 30.5 Å². The van der Waals surface area contributed by atoms with Crippen LogP contribution in [0.5, 0.6) is 11.5 Å². The molecule has 0 saturated carbocycles. The summed E-state index contributed by atoms with van der Waals surface area (Å²) in [5.74, 6) is -1.10. The number of anilines is 2. The number of amides is 1. The Morgan fingerprint density at radius 2 is 1.78 bits per heavy atom. The molecular weight excluding hydrogens is 448 g/mol. The summed E-state index contributed by atoms with van der Waals surface area (Å²) < 4.78 is 10.8. The highest BCUT2D eigenvalue weighted by atomic mass is 32.2. The van der Waals surface area contributed by atoms with E-state index >= 15 is 0 Å². The number of rotatable bonds is 8. The van der Waals surface area contributed by atoms with Gasteiger partial charge in [0.25, 0.3) is 5.91 Å². The lowest BCUT2D eigenvalue weighted by Crippen LogP contribution is -2.27. The van der Waals surface area contributed by atoms with Crippen LogP contribution >= 0.6 is 24.0 Å². The summed E-state index contributed by atoms with van der Waals surface area (Å²) in [4.78, 5) is 29.1. The molecule has 1 aliphatic heterocycles. The molecule has 3 rings (SSSR count). The van der Waals surface area contributed by atoms with Crippen molar-refractivity contribution in [2.24, 2.45) is 0 Å². The number of thiocarbonyl (C=S) groups is 1. The van der Waals surface area contributed by atoms with Gasteiger partial charge in [0.1, 0.15) is 5.56 Å². The number of carboxylic acids is 1. The number of aromatic carboxylic acids is 1. The van der Waals surface area contributed by atoms with E-state index in [4.69, 9.17) is 21.7 Å². The number of hydrogen-bond donors (Lipinski definition) is 1. The summed E-state index contributed by atoms with van der Waals surface area (Å²) >= 11 is 6.58. The number of ether oxygens (including phenoxy) is 2. The molecule has 1 saturated heterocycles. The Kier molecular flexibility index (Phi) is 7.42. The summed E-state index contributed by atoms with van der Waals surface area (Å²) in [7, 11) is 2.80. The van der Waals surface area contributed by atoms with E-state index in [1.165, 1.54) is 25.2 Å². The van der Waals surface area contributed by atoms with Crippen molar-refractivity contribution >= 4 is 57.6 Å².